The van der Waals surface area contributed by atoms with E-state index in [9.17, 15) is 0 Å². The van der Waals surface area contributed by atoms with E-state index in [2.05, 4.69) is 49.0 Å². The normalized spacial score (nSPS) is 11.4. The SMILES string of the molecule is CCCCCCCCCCCCCCC(C)[n+]1ccccc1.O.[Cl-]. The van der Waals surface area contributed by atoms with Crippen LogP contribution in [0, 0.1) is 0 Å². The summed E-state index contributed by atoms with van der Waals surface area (Å²) in [6, 6.07) is 6.98. The lowest BCUT2D eigenvalue weighted by atomic mass is 10.0. The first-order valence-electron chi connectivity index (χ1n) is 9.80. The second kappa shape index (κ2) is 18.7. The molecule has 1 atom stereocenters. The summed E-state index contributed by atoms with van der Waals surface area (Å²) in [4.78, 5) is 0. The van der Waals surface area contributed by atoms with E-state index in [0.29, 0.717) is 6.04 Å². The Hall–Kier alpha value is -0.600. The van der Waals surface area contributed by atoms with E-state index < -0.39 is 0 Å². The molecule has 2 N–H and O–H groups in total. The molecule has 0 aromatic carbocycles. The predicted molar refractivity (Wildman–Crippen MR) is 101 cm³/mol. The van der Waals surface area contributed by atoms with Crippen molar-refractivity contribution in [3.63, 3.8) is 0 Å². The topological polar surface area (TPSA) is 35.4 Å². The zero-order valence-electron chi connectivity index (χ0n) is 16.0. The fraction of sp³-hybridized carbons (Fsp3) is 0.762. The summed E-state index contributed by atoms with van der Waals surface area (Å²) < 4.78 is 2.33. The van der Waals surface area contributed by atoms with Crippen molar-refractivity contribution in [3.8, 4) is 0 Å². The maximum absolute atomic E-state index is 2.33. The molecule has 0 saturated heterocycles. The minimum absolute atomic E-state index is 0. The molecule has 0 aliphatic heterocycles. The van der Waals surface area contributed by atoms with Gasteiger partial charge in [-0.3, -0.25) is 0 Å². The highest BCUT2D eigenvalue weighted by atomic mass is 35.5. The van der Waals surface area contributed by atoms with E-state index in [1.807, 2.05) is 0 Å². The van der Waals surface area contributed by atoms with Gasteiger partial charge in [-0.05, 0) is 13.3 Å². The first kappa shape index (κ1) is 25.6. The van der Waals surface area contributed by atoms with Crippen LogP contribution in [0.3, 0.4) is 0 Å². The number of pyridine rings is 1. The lowest BCUT2D eigenvalue weighted by Gasteiger charge is -2.07. The molecular weight excluding hydrogens is 318 g/mol. The fourth-order valence-corrected chi connectivity index (χ4v) is 3.14. The predicted octanol–water partition coefficient (Wildman–Crippen LogP) is 2.81. The first-order chi connectivity index (χ1) is 10.8. The van der Waals surface area contributed by atoms with Crippen molar-refractivity contribution in [1.29, 1.82) is 0 Å². The monoisotopic (exact) mass is 357 g/mol. The van der Waals surface area contributed by atoms with Crippen molar-refractivity contribution in [2.75, 3.05) is 0 Å². The Bertz CT molecular complexity index is 345. The smallest absolute Gasteiger partial charge is 0.169 e. The van der Waals surface area contributed by atoms with Crippen LogP contribution in [-0.2, 0) is 0 Å². The lowest BCUT2D eigenvalue weighted by Crippen LogP contribution is -3.00. The third-order valence-electron chi connectivity index (χ3n) is 4.72. The fourth-order valence-electron chi connectivity index (χ4n) is 3.14. The Kier molecular flexibility index (Phi) is 20.0. The number of unbranched alkanes of at least 4 members (excludes halogenated alkanes) is 11. The molecule has 0 fully saturated rings. The molecule has 1 unspecified atom stereocenters. The quantitative estimate of drug-likeness (QED) is 0.362. The van der Waals surface area contributed by atoms with Gasteiger partial charge in [0, 0.05) is 18.6 Å². The van der Waals surface area contributed by atoms with Crippen molar-refractivity contribution in [1.82, 2.24) is 0 Å². The molecule has 1 rings (SSSR count). The van der Waals surface area contributed by atoms with Crippen molar-refractivity contribution < 1.29 is 22.5 Å². The van der Waals surface area contributed by atoms with E-state index in [0.717, 1.165) is 0 Å². The molecule has 2 nitrogen and oxygen atoms in total. The molecule has 1 heterocycles. The molecule has 0 bridgehead atoms. The Labute approximate surface area is 156 Å². The molecule has 0 saturated carbocycles. The Morgan fingerprint density at radius 1 is 0.667 bits per heavy atom. The standard InChI is InChI=1S/C21H38N.ClH.H2O/c1-3-4-5-6-7-8-9-10-11-12-13-15-18-21(2)22-19-16-14-17-20-22;;/h14,16-17,19-21H,3-13,15,18H2,1-2H3;1H;1H2/q+1;;/p-1. The van der Waals surface area contributed by atoms with Gasteiger partial charge in [0.2, 0.25) is 0 Å². The summed E-state index contributed by atoms with van der Waals surface area (Å²) in [6.45, 7) is 4.62. The summed E-state index contributed by atoms with van der Waals surface area (Å²) in [7, 11) is 0. The second-order valence-corrected chi connectivity index (χ2v) is 6.85. The van der Waals surface area contributed by atoms with E-state index in [1.165, 1.54) is 83.5 Å². The van der Waals surface area contributed by atoms with Crippen LogP contribution in [0.2, 0.25) is 0 Å². The maximum Gasteiger partial charge on any atom is 0.169 e. The van der Waals surface area contributed by atoms with Crippen molar-refractivity contribution >= 4 is 0 Å². The van der Waals surface area contributed by atoms with Gasteiger partial charge in [-0.2, -0.15) is 0 Å². The van der Waals surface area contributed by atoms with Crippen molar-refractivity contribution in [2.24, 2.45) is 0 Å². The van der Waals surface area contributed by atoms with Crippen LogP contribution in [0.1, 0.15) is 103 Å². The molecule has 0 amide bonds. The van der Waals surface area contributed by atoms with Gasteiger partial charge in [-0.15, -0.1) is 0 Å². The Morgan fingerprint density at radius 3 is 1.54 bits per heavy atom. The lowest BCUT2D eigenvalue weighted by molar-refractivity contribution is -0.720. The third-order valence-corrected chi connectivity index (χ3v) is 4.72. The van der Waals surface area contributed by atoms with E-state index in [-0.39, 0.29) is 17.9 Å². The highest BCUT2D eigenvalue weighted by molar-refractivity contribution is 4.83. The van der Waals surface area contributed by atoms with E-state index >= 15 is 0 Å². The summed E-state index contributed by atoms with van der Waals surface area (Å²) in [5.41, 5.74) is 0. The van der Waals surface area contributed by atoms with Crippen LogP contribution >= 0.6 is 0 Å². The molecule has 24 heavy (non-hydrogen) atoms. The van der Waals surface area contributed by atoms with Crippen LogP contribution in [-0.4, -0.2) is 5.48 Å². The van der Waals surface area contributed by atoms with Crippen LogP contribution in [0.25, 0.3) is 0 Å². The average Bonchev–Trinajstić information content (AvgIpc) is 2.56. The molecule has 0 aliphatic carbocycles. The first-order valence-corrected chi connectivity index (χ1v) is 9.80. The summed E-state index contributed by atoms with van der Waals surface area (Å²) in [5, 5.41) is 0. The van der Waals surface area contributed by atoms with E-state index in [4.69, 9.17) is 0 Å². The van der Waals surface area contributed by atoms with Crippen LogP contribution in [0.5, 0.6) is 0 Å². The zero-order chi connectivity index (χ0) is 15.9. The largest absolute Gasteiger partial charge is 1.00 e. The van der Waals surface area contributed by atoms with Gasteiger partial charge in [0.1, 0.15) is 0 Å². The number of hydrogen-bond donors (Lipinski definition) is 0. The van der Waals surface area contributed by atoms with Gasteiger partial charge >= 0.3 is 0 Å². The van der Waals surface area contributed by atoms with Gasteiger partial charge < -0.3 is 17.9 Å². The van der Waals surface area contributed by atoms with Crippen molar-refractivity contribution in [3.05, 3.63) is 30.6 Å². The van der Waals surface area contributed by atoms with Gasteiger partial charge in [0.15, 0.2) is 18.4 Å². The number of hydrogen-bond acceptors (Lipinski definition) is 0. The highest BCUT2D eigenvalue weighted by Crippen LogP contribution is 2.14. The number of rotatable bonds is 14. The van der Waals surface area contributed by atoms with Crippen LogP contribution in [0.4, 0.5) is 0 Å². The molecule has 1 aromatic rings. The Balaban J connectivity index is 0. The molecular formula is C21H40ClNO. The maximum atomic E-state index is 2.33. The number of nitrogens with zero attached hydrogens (tertiary/aromatic N) is 1. The van der Waals surface area contributed by atoms with Crippen molar-refractivity contribution in [2.45, 2.75) is 103 Å². The van der Waals surface area contributed by atoms with Gasteiger partial charge in [-0.1, -0.05) is 83.6 Å². The van der Waals surface area contributed by atoms with Crippen LogP contribution < -0.4 is 17.0 Å². The summed E-state index contributed by atoms with van der Waals surface area (Å²) >= 11 is 0. The molecule has 1 aromatic heterocycles. The molecule has 0 aliphatic rings. The minimum atomic E-state index is 0. The third kappa shape index (κ3) is 13.8. The molecule has 0 radical (unpaired) electrons. The zero-order valence-corrected chi connectivity index (χ0v) is 16.7. The Morgan fingerprint density at radius 2 is 1.08 bits per heavy atom. The van der Waals surface area contributed by atoms with E-state index in [1.54, 1.807) is 0 Å². The summed E-state index contributed by atoms with van der Waals surface area (Å²) in [6.07, 6.45) is 22.9. The summed E-state index contributed by atoms with van der Waals surface area (Å²) in [5.74, 6) is 0. The molecule has 142 valence electrons. The molecule has 3 heteroatoms. The molecule has 0 spiro atoms. The minimum Gasteiger partial charge on any atom is -1.00 e. The average molecular weight is 358 g/mol. The second-order valence-electron chi connectivity index (χ2n) is 6.85. The highest BCUT2D eigenvalue weighted by Gasteiger charge is 2.09. The number of aromatic nitrogens is 1. The van der Waals surface area contributed by atoms with Gasteiger partial charge in [-0.25, -0.2) is 4.57 Å². The van der Waals surface area contributed by atoms with Crippen LogP contribution in [0.15, 0.2) is 30.6 Å². The number of halogens is 1. The van der Waals surface area contributed by atoms with Gasteiger partial charge in [0.25, 0.3) is 0 Å². The van der Waals surface area contributed by atoms with Gasteiger partial charge in [0.05, 0.1) is 0 Å².